The van der Waals surface area contributed by atoms with Crippen molar-refractivity contribution in [2.24, 2.45) is 5.41 Å². The van der Waals surface area contributed by atoms with Crippen molar-refractivity contribution in [3.63, 3.8) is 0 Å². The van der Waals surface area contributed by atoms with Gasteiger partial charge in [0.05, 0.1) is 16.8 Å². The number of carbonyl (C=O) groups is 2. The second kappa shape index (κ2) is 7.57. The topological polar surface area (TPSA) is 97.1 Å². The number of halogens is 1. The van der Waals surface area contributed by atoms with E-state index >= 15 is 0 Å². The molecule has 128 valence electrons. The molecule has 2 aromatic rings. The summed E-state index contributed by atoms with van der Waals surface area (Å²) in [6, 6.07) is 5.36. The number of hydrogen-bond donors (Lipinski definition) is 2. The Bertz CT molecular complexity index is 727. The van der Waals surface area contributed by atoms with Gasteiger partial charge in [-0.1, -0.05) is 29.8 Å². The Morgan fingerprint density at radius 3 is 2.58 bits per heavy atom. The van der Waals surface area contributed by atoms with Crippen molar-refractivity contribution in [2.45, 2.75) is 33.1 Å². The molecular formula is C16H19BrN4O3. The van der Waals surface area contributed by atoms with Gasteiger partial charge in [0.25, 0.3) is 0 Å². The summed E-state index contributed by atoms with van der Waals surface area (Å²) in [5, 5.41) is 16.3. The van der Waals surface area contributed by atoms with Crippen molar-refractivity contribution in [2.75, 3.05) is 5.32 Å². The zero-order valence-electron chi connectivity index (χ0n) is 13.5. The maximum absolute atomic E-state index is 12.4. The van der Waals surface area contributed by atoms with E-state index in [4.69, 9.17) is 0 Å². The van der Waals surface area contributed by atoms with E-state index in [2.05, 4.69) is 31.3 Å². The van der Waals surface area contributed by atoms with Crippen LogP contribution < -0.4 is 5.32 Å². The van der Waals surface area contributed by atoms with Gasteiger partial charge in [-0.2, -0.15) is 5.10 Å². The third-order valence-corrected chi connectivity index (χ3v) is 4.70. The molecule has 7 nitrogen and oxygen atoms in total. The van der Waals surface area contributed by atoms with Crippen LogP contribution in [0.15, 0.2) is 35.3 Å². The molecule has 1 aromatic heterocycles. The zero-order valence-corrected chi connectivity index (χ0v) is 15.1. The minimum atomic E-state index is -1.05. The summed E-state index contributed by atoms with van der Waals surface area (Å²) in [4.78, 5) is 27.9. The Hall–Kier alpha value is -2.22. The van der Waals surface area contributed by atoms with Crippen molar-refractivity contribution >= 4 is 33.5 Å². The van der Waals surface area contributed by atoms with E-state index in [-0.39, 0.29) is 12.3 Å². The van der Waals surface area contributed by atoms with Crippen LogP contribution in [0.2, 0.25) is 0 Å². The molecule has 8 heteroatoms. The van der Waals surface area contributed by atoms with E-state index in [1.165, 1.54) is 17.3 Å². The molecular weight excluding hydrogens is 376 g/mol. The second-order valence-corrected chi connectivity index (χ2v) is 6.43. The van der Waals surface area contributed by atoms with Crippen molar-refractivity contribution < 1.29 is 14.7 Å². The van der Waals surface area contributed by atoms with Crippen molar-refractivity contribution in [1.29, 1.82) is 0 Å². The van der Waals surface area contributed by atoms with Crippen LogP contribution >= 0.6 is 15.9 Å². The standard InChI is InChI=1S/C16H19BrN4O3/c1-3-16(4-2,15(23)24)8-14(22)20-12-7-11(17)5-6-13(12)21-10-18-9-19-21/h5-7,9-10H,3-4,8H2,1-2H3,(H,20,22)(H,23,24). The van der Waals surface area contributed by atoms with E-state index in [1.807, 2.05) is 6.07 Å². The number of benzene rings is 1. The predicted molar refractivity (Wildman–Crippen MR) is 93.0 cm³/mol. The molecule has 0 atom stereocenters. The largest absolute Gasteiger partial charge is 0.481 e. The number of aliphatic carboxylic acids is 1. The molecule has 2 N–H and O–H groups in total. The molecule has 0 aliphatic carbocycles. The summed E-state index contributed by atoms with van der Waals surface area (Å²) < 4.78 is 2.32. The van der Waals surface area contributed by atoms with Gasteiger partial charge in [0.2, 0.25) is 5.91 Å². The van der Waals surface area contributed by atoms with E-state index in [0.717, 1.165) is 4.47 Å². The molecule has 0 fully saturated rings. The molecule has 0 aliphatic rings. The van der Waals surface area contributed by atoms with E-state index in [1.54, 1.807) is 26.0 Å². The Kier molecular flexibility index (Phi) is 5.71. The minimum Gasteiger partial charge on any atom is -0.481 e. The van der Waals surface area contributed by atoms with Crippen LogP contribution in [0.5, 0.6) is 0 Å². The normalized spacial score (nSPS) is 11.3. The molecule has 0 bridgehead atoms. The van der Waals surface area contributed by atoms with Gasteiger partial charge < -0.3 is 10.4 Å². The molecule has 0 saturated carbocycles. The lowest BCUT2D eigenvalue weighted by atomic mass is 9.79. The lowest BCUT2D eigenvalue weighted by Crippen LogP contribution is -2.34. The van der Waals surface area contributed by atoms with Crippen LogP contribution in [-0.4, -0.2) is 31.7 Å². The molecule has 24 heavy (non-hydrogen) atoms. The molecule has 2 rings (SSSR count). The first kappa shape index (κ1) is 18.1. The van der Waals surface area contributed by atoms with Gasteiger partial charge >= 0.3 is 5.97 Å². The summed E-state index contributed by atoms with van der Waals surface area (Å²) >= 11 is 3.37. The average Bonchev–Trinajstić information content (AvgIpc) is 3.06. The van der Waals surface area contributed by atoms with Gasteiger partial charge in [-0.05, 0) is 31.0 Å². The summed E-state index contributed by atoms with van der Waals surface area (Å²) in [5.41, 5.74) is 0.133. The summed E-state index contributed by atoms with van der Waals surface area (Å²) in [6.45, 7) is 3.57. The fourth-order valence-electron chi connectivity index (χ4n) is 2.52. The Balaban J connectivity index is 2.26. The quantitative estimate of drug-likeness (QED) is 0.750. The fourth-order valence-corrected chi connectivity index (χ4v) is 2.88. The summed E-state index contributed by atoms with van der Waals surface area (Å²) in [5.74, 6) is -1.30. The number of aromatic nitrogens is 3. The number of carbonyl (C=O) groups excluding carboxylic acids is 1. The highest BCUT2D eigenvalue weighted by atomic mass is 79.9. The number of hydrogen-bond acceptors (Lipinski definition) is 4. The molecule has 0 unspecified atom stereocenters. The maximum Gasteiger partial charge on any atom is 0.310 e. The van der Waals surface area contributed by atoms with E-state index in [9.17, 15) is 14.7 Å². The lowest BCUT2D eigenvalue weighted by molar-refractivity contribution is -0.151. The number of anilines is 1. The van der Waals surface area contributed by atoms with Gasteiger partial charge in [0.1, 0.15) is 12.7 Å². The van der Waals surface area contributed by atoms with Gasteiger partial charge in [-0.15, -0.1) is 0 Å². The Morgan fingerprint density at radius 2 is 2.04 bits per heavy atom. The van der Waals surface area contributed by atoms with Gasteiger partial charge in [-0.25, -0.2) is 9.67 Å². The highest BCUT2D eigenvalue weighted by Crippen LogP contribution is 2.32. The number of carboxylic acids is 1. The Morgan fingerprint density at radius 1 is 1.33 bits per heavy atom. The SMILES string of the molecule is CCC(CC)(CC(=O)Nc1cc(Br)ccc1-n1cncn1)C(=O)O. The lowest BCUT2D eigenvalue weighted by Gasteiger charge is -2.26. The van der Waals surface area contributed by atoms with Crippen molar-refractivity contribution in [3.8, 4) is 5.69 Å². The summed E-state index contributed by atoms with van der Waals surface area (Å²) in [7, 11) is 0. The minimum absolute atomic E-state index is 0.0847. The average molecular weight is 395 g/mol. The van der Waals surface area contributed by atoms with Crippen LogP contribution in [0.4, 0.5) is 5.69 Å². The van der Waals surface area contributed by atoms with Crippen LogP contribution in [0, 0.1) is 5.41 Å². The van der Waals surface area contributed by atoms with Crippen LogP contribution in [0.25, 0.3) is 5.69 Å². The Labute approximate surface area is 148 Å². The number of rotatable bonds is 7. The fraction of sp³-hybridized carbons (Fsp3) is 0.375. The first-order valence-electron chi connectivity index (χ1n) is 7.59. The smallest absolute Gasteiger partial charge is 0.310 e. The third-order valence-electron chi connectivity index (χ3n) is 4.20. The summed E-state index contributed by atoms with van der Waals surface area (Å²) in [6.07, 6.45) is 3.62. The predicted octanol–water partition coefficient (Wildman–Crippen LogP) is 3.25. The van der Waals surface area contributed by atoms with Crippen molar-refractivity contribution in [1.82, 2.24) is 14.8 Å². The van der Waals surface area contributed by atoms with Crippen molar-refractivity contribution in [3.05, 3.63) is 35.3 Å². The van der Waals surface area contributed by atoms with E-state index < -0.39 is 11.4 Å². The highest BCUT2D eigenvalue weighted by molar-refractivity contribution is 9.10. The first-order chi connectivity index (χ1) is 11.4. The molecule has 1 heterocycles. The number of nitrogens with zero attached hydrogens (tertiary/aromatic N) is 3. The molecule has 1 amide bonds. The van der Waals surface area contributed by atoms with Gasteiger partial charge in [-0.3, -0.25) is 9.59 Å². The zero-order chi connectivity index (χ0) is 17.7. The molecule has 0 saturated heterocycles. The monoisotopic (exact) mass is 394 g/mol. The molecule has 0 radical (unpaired) electrons. The molecule has 0 aliphatic heterocycles. The van der Waals surface area contributed by atoms with Crippen LogP contribution in [-0.2, 0) is 9.59 Å². The number of nitrogens with one attached hydrogen (secondary N) is 1. The highest BCUT2D eigenvalue weighted by Gasteiger charge is 2.37. The third kappa shape index (κ3) is 3.81. The number of amides is 1. The first-order valence-corrected chi connectivity index (χ1v) is 8.39. The van der Waals surface area contributed by atoms with E-state index in [0.29, 0.717) is 24.2 Å². The van der Waals surface area contributed by atoms with Gasteiger partial charge in [0, 0.05) is 10.9 Å². The van der Waals surface area contributed by atoms with Crippen LogP contribution in [0.3, 0.4) is 0 Å². The van der Waals surface area contributed by atoms with Crippen LogP contribution in [0.1, 0.15) is 33.1 Å². The number of carboxylic acid groups (broad SMARTS) is 1. The molecule has 1 aromatic carbocycles. The molecule has 0 spiro atoms. The second-order valence-electron chi connectivity index (χ2n) is 5.52. The van der Waals surface area contributed by atoms with Gasteiger partial charge in [0.15, 0.2) is 0 Å². The maximum atomic E-state index is 12.4.